The number of amides is 2. The number of nitrogens with one attached hydrogen (secondary N) is 2. The molecule has 162 valence electrons. The molecule has 6 nitrogen and oxygen atoms in total. The van der Waals surface area contributed by atoms with Gasteiger partial charge in [-0.1, -0.05) is 36.4 Å². The molecule has 3 aliphatic heterocycles. The van der Waals surface area contributed by atoms with Crippen LogP contribution in [0.4, 0.5) is 10.5 Å². The summed E-state index contributed by atoms with van der Waals surface area (Å²) in [6.07, 6.45) is 2.40. The third kappa shape index (κ3) is 5.63. The van der Waals surface area contributed by atoms with E-state index in [-0.39, 0.29) is 6.03 Å². The average molecular weight is 418 g/mol. The molecule has 3 saturated heterocycles. The SMILES string of the molecule is CN(Cc1ccccc1)C[C@@H]1CN2CC[C@H]1C[C@@H]2CNC(=O)Nc1cccc(C#N)c1. The summed E-state index contributed by atoms with van der Waals surface area (Å²) < 4.78 is 0. The van der Waals surface area contributed by atoms with Gasteiger partial charge in [0.15, 0.2) is 0 Å². The number of piperidine rings is 3. The lowest BCUT2D eigenvalue weighted by Gasteiger charge is -2.50. The third-order valence-electron chi connectivity index (χ3n) is 6.60. The number of nitrogens with zero attached hydrogens (tertiary/aromatic N) is 3. The predicted molar refractivity (Wildman–Crippen MR) is 123 cm³/mol. The van der Waals surface area contributed by atoms with Crippen molar-refractivity contribution < 1.29 is 4.79 Å². The maximum atomic E-state index is 12.3. The number of fused-ring (bicyclic) bond motifs is 3. The second-order valence-electron chi connectivity index (χ2n) is 8.90. The molecular formula is C25H31N5O. The normalized spacial score (nSPS) is 24.5. The van der Waals surface area contributed by atoms with E-state index in [0.29, 0.717) is 29.8 Å². The lowest BCUT2D eigenvalue weighted by molar-refractivity contribution is -0.00889. The van der Waals surface area contributed by atoms with E-state index in [9.17, 15) is 4.79 Å². The number of nitriles is 1. The van der Waals surface area contributed by atoms with Gasteiger partial charge < -0.3 is 15.5 Å². The Bertz CT molecular complexity index is 925. The molecule has 0 radical (unpaired) electrons. The number of urea groups is 1. The second kappa shape index (κ2) is 9.95. The minimum atomic E-state index is -0.211. The highest BCUT2D eigenvalue weighted by atomic mass is 16.2. The molecule has 2 bridgehead atoms. The maximum Gasteiger partial charge on any atom is 0.319 e. The molecule has 2 aromatic rings. The van der Waals surface area contributed by atoms with Crippen LogP contribution in [0.15, 0.2) is 54.6 Å². The third-order valence-corrected chi connectivity index (χ3v) is 6.60. The van der Waals surface area contributed by atoms with Crippen LogP contribution in [0.1, 0.15) is 24.0 Å². The van der Waals surface area contributed by atoms with Crippen molar-refractivity contribution in [2.75, 3.05) is 38.5 Å². The zero-order valence-corrected chi connectivity index (χ0v) is 18.1. The van der Waals surface area contributed by atoms with Crippen LogP contribution in [-0.2, 0) is 6.54 Å². The summed E-state index contributed by atoms with van der Waals surface area (Å²) in [5.74, 6) is 1.42. The van der Waals surface area contributed by atoms with Gasteiger partial charge in [0.2, 0.25) is 0 Å². The zero-order valence-electron chi connectivity index (χ0n) is 18.1. The summed E-state index contributed by atoms with van der Waals surface area (Å²) in [5.41, 5.74) is 2.54. The Labute approximate surface area is 184 Å². The van der Waals surface area contributed by atoms with Crippen molar-refractivity contribution in [3.63, 3.8) is 0 Å². The van der Waals surface area contributed by atoms with E-state index in [1.807, 2.05) is 0 Å². The largest absolute Gasteiger partial charge is 0.336 e. The van der Waals surface area contributed by atoms with Gasteiger partial charge in [0.05, 0.1) is 11.6 Å². The first-order chi connectivity index (χ1) is 15.1. The fourth-order valence-electron chi connectivity index (χ4n) is 5.08. The monoisotopic (exact) mass is 417 g/mol. The van der Waals surface area contributed by atoms with Crippen molar-refractivity contribution in [3.05, 3.63) is 65.7 Å². The summed E-state index contributed by atoms with van der Waals surface area (Å²) in [5, 5.41) is 14.9. The second-order valence-corrected chi connectivity index (χ2v) is 8.90. The van der Waals surface area contributed by atoms with Crippen LogP contribution in [0.2, 0.25) is 0 Å². The van der Waals surface area contributed by atoms with Gasteiger partial charge >= 0.3 is 6.03 Å². The van der Waals surface area contributed by atoms with Crippen LogP contribution < -0.4 is 10.6 Å². The standard InChI is InChI=1S/C25H31N5O/c1-29(16-19-6-3-2-4-7-19)17-22-18-30-11-10-21(22)13-24(30)15-27-25(31)28-23-9-5-8-20(12-23)14-26/h2-9,12,21-22,24H,10-11,13,15-18H2,1H3,(H2,27,28,31)/t21-,22+,24+/m0/s1. The summed E-state index contributed by atoms with van der Waals surface area (Å²) in [4.78, 5) is 17.3. The van der Waals surface area contributed by atoms with Crippen LogP contribution >= 0.6 is 0 Å². The van der Waals surface area contributed by atoms with E-state index < -0.39 is 0 Å². The molecule has 5 rings (SSSR count). The first-order valence-electron chi connectivity index (χ1n) is 11.1. The summed E-state index contributed by atoms with van der Waals surface area (Å²) in [7, 11) is 2.22. The van der Waals surface area contributed by atoms with Crippen LogP contribution in [0.25, 0.3) is 0 Å². The molecule has 0 spiro atoms. The lowest BCUT2D eigenvalue weighted by Crippen LogP contribution is -2.58. The van der Waals surface area contributed by atoms with E-state index in [1.54, 1.807) is 24.3 Å². The fourth-order valence-corrected chi connectivity index (χ4v) is 5.08. The molecule has 0 saturated carbocycles. The molecule has 6 heteroatoms. The Balaban J connectivity index is 1.23. The first-order valence-corrected chi connectivity index (χ1v) is 11.1. The highest BCUT2D eigenvalue weighted by molar-refractivity contribution is 5.89. The van der Waals surface area contributed by atoms with Crippen molar-refractivity contribution in [2.45, 2.75) is 25.4 Å². The summed E-state index contributed by atoms with van der Waals surface area (Å²) in [6, 6.07) is 19.9. The van der Waals surface area contributed by atoms with E-state index in [1.165, 1.54) is 12.0 Å². The van der Waals surface area contributed by atoms with Crippen molar-refractivity contribution in [2.24, 2.45) is 11.8 Å². The Morgan fingerprint density at radius 3 is 2.81 bits per heavy atom. The topological polar surface area (TPSA) is 71.4 Å². The predicted octanol–water partition coefficient (Wildman–Crippen LogP) is 3.52. The minimum Gasteiger partial charge on any atom is -0.336 e. The van der Waals surface area contributed by atoms with Crippen molar-refractivity contribution >= 4 is 11.7 Å². The number of hydrogen-bond donors (Lipinski definition) is 2. The van der Waals surface area contributed by atoms with Gasteiger partial charge in [-0.25, -0.2) is 4.79 Å². The zero-order chi connectivity index (χ0) is 21.6. The van der Waals surface area contributed by atoms with Crippen LogP contribution in [0.3, 0.4) is 0 Å². The lowest BCUT2D eigenvalue weighted by atomic mass is 9.75. The minimum absolute atomic E-state index is 0.211. The smallest absolute Gasteiger partial charge is 0.319 e. The van der Waals surface area contributed by atoms with E-state index in [4.69, 9.17) is 5.26 Å². The van der Waals surface area contributed by atoms with Crippen LogP contribution in [0, 0.1) is 23.2 Å². The Kier molecular flexibility index (Phi) is 6.86. The van der Waals surface area contributed by atoms with Crippen molar-refractivity contribution in [3.8, 4) is 6.07 Å². The molecule has 3 fully saturated rings. The van der Waals surface area contributed by atoms with Gasteiger partial charge in [0, 0.05) is 37.9 Å². The molecule has 1 unspecified atom stereocenters. The first kappa shape index (κ1) is 21.4. The number of benzene rings is 2. The van der Waals surface area contributed by atoms with E-state index >= 15 is 0 Å². The highest BCUT2D eigenvalue weighted by Gasteiger charge is 2.40. The number of anilines is 1. The molecule has 31 heavy (non-hydrogen) atoms. The fraction of sp³-hybridized carbons (Fsp3) is 0.440. The number of carbonyl (C=O) groups is 1. The molecular weight excluding hydrogens is 386 g/mol. The Hall–Kier alpha value is -2.88. The van der Waals surface area contributed by atoms with Crippen LogP contribution in [0.5, 0.6) is 0 Å². The van der Waals surface area contributed by atoms with Gasteiger partial charge in [-0.3, -0.25) is 4.90 Å². The van der Waals surface area contributed by atoms with Gasteiger partial charge in [-0.15, -0.1) is 0 Å². The maximum absolute atomic E-state index is 12.3. The Morgan fingerprint density at radius 1 is 1.23 bits per heavy atom. The molecule has 3 aliphatic rings. The highest BCUT2D eigenvalue weighted by Crippen LogP contribution is 2.36. The summed E-state index contributed by atoms with van der Waals surface area (Å²) in [6.45, 7) is 5.00. The molecule has 0 aromatic heterocycles. The molecule has 2 amide bonds. The van der Waals surface area contributed by atoms with Gasteiger partial charge in [-0.2, -0.15) is 5.26 Å². The molecule has 2 N–H and O–H groups in total. The van der Waals surface area contributed by atoms with Crippen molar-refractivity contribution in [1.29, 1.82) is 5.26 Å². The number of hydrogen-bond acceptors (Lipinski definition) is 4. The summed E-state index contributed by atoms with van der Waals surface area (Å²) >= 11 is 0. The van der Waals surface area contributed by atoms with Crippen molar-refractivity contribution in [1.82, 2.24) is 15.1 Å². The van der Waals surface area contributed by atoms with E-state index in [2.05, 4.69) is 63.9 Å². The quantitative estimate of drug-likeness (QED) is 0.723. The van der Waals surface area contributed by atoms with Gasteiger partial charge in [0.25, 0.3) is 0 Å². The molecule has 3 heterocycles. The van der Waals surface area contributed by atoms with E-state index in [0.717, 1.165) is 38.5 Å². The van der Waals surface area contributed by atoms with Gasteiger partial charge in [-0.05, 0) is 62.0 Å². The molecule has 4 atom stereocenters. The number of rotatable bonds is 7. The molecule has 2 aromatic carbocycles. The number of carbonyl (C=O) groups excluding carboxylic acids is 1. The Morgan fingerprint density at radius 2 is 2.06 bits per heavy atom. The van der Waals surface area contributed by atoms with Gasteiger partial charge in [0.1, 0.15) is 0 Å². The average Bonchev–Trinajstić information content (AvgIpc) is 2.79. The van der Waals surface area contributed by atoms with Crippen LogP contribution in [-0.4, -0.2) is 55.1 Å². The molecule has 0 aliphatic carbocycles.